The van der Waals surface area contributed by atoms with E-state index in [2.05, 4.69) is 0 Å². The van der Waals surface area contributed by atoms with Crippen LogP contribution >= 0.6 is 141 Å². The summed E-state index contributed by atoms with van der Waals surface area (Å²) >= 11 is 19.6. The predicted octanol–water partition coefficient (Wildman–Crippen LogP) is 6.07. The Hall–Kier alpha value is 3.76. The van der Waals surface area contributed by atoms with Gasteiger partial charge in [0.2, 0.25) is 0 Å². The molecule has 0 saturated heterocycles. The van der Waals surface area contributed by atoms with Gasteiger partial charge < -0.3 is 10.2 Å². The summed E-state index contributed by atoms with van der Waals surface area (Å²) in [7, 11) is -1.59. The molecule has 0 spiro atoms. The summed E-state index contributed by atoms with van der Waals surface area (Å²) in [5, 5.41) is 20.8. The van der Waals surface area contributed by atoms with Gasteiger partial charge in [-0.15, -0.1) is 70.6 Å². The Labute approximate surface area is 321 Å². The molecule has 6 nitrogen and oxygen atoms in total. The topological polar surface area (TPSA) is 109 Å². The van der Waals surface area contributed by atoms with Gasteiger partial charge in [-0.1, -0.05) is 23.5 Å². The molecule has 262 valence electrons. The normalized spacial score (nSPS) is 12.9. The van der Waals surface area contributed by atoms with Crippen LogP contribution in [0.1, 0.15) is 0 Å². The number of rotatable bonds is 35. The largest absolute Gasteiger partial charge is 0.386 e. The first kappa shape index (κ1) is 47.8. The summed E-state index contributed by atoms with van der Waals surface area (Å²) < 4.78 is 24.1. The van der Waals surface area contributed by atoms with Crippen LogP contribution in [0.2, 0.25) is 0 Å². The second-order valence-corrected chi connectivity index (χ2v) is 25.7. The second-order valence-electron chi connectivity index (χ2n) is 7.83. The van der Waals surface area contributed by atoms with E-state index in [0.29, 0.717) is 33.2 Å². The van der Waals surface area contributed by atoms with Crippen molar-refractivity contribution < 1.29 is 28.2 Å². The van der Waals surface area contributed by atoms with Gasteiger partial charge in [0, 0.05) is 112 Å². The van der Waals surface area contributed by atoms with Crippen LogP contribution in [0.3, 0.4) is 0 Å². The highest BCUT2D eigenvalue weighted by Gasteiger charge is 2.06. The summed E-state index contributed by atoms with van der Waals surface area (Å²) in [6.45, 7) is 0. The van der Waals surface area contributed by atoms with Crippen LogP contribution in [-0.2, 0) is 31.2 Å². The van der Waals surface area contributed by atoms with Crippen LogP contribution in [-0.4, -0.2) is 153 Å². The molecule has 20 heteroatoms. The fourth-order valence-electron chi connectivity index (χ4n) is 2.37. The first-order valence-corrected chi connectivity index (χ1v) is 30.0. The molecule has 0 heterocycles. The van der Waals surface area contributed by atoms with Gasteiger partial charge in [0.05, 0.1) is 33.6 Å². The molecule has 44 heavy (non-hydrogen) atoms. The van der Waals surface area contributed by atoms with Crippen molar-refractivity contribution in [2.24, 2.45) is 0 Å². The zero-order valence-electron chi connectivity index (χ0n) is 24.8. The van der Waals surface area contributed by atoms with Crippen LogP contribution < -0.4 is 0 Å². The molecular weight excluding hydrogens is 833 g/mol. The number of hydrogen-bond donors (Lipinski definition) is 2. The number of aliphatic hydroxyl groups excluding tert-OH is 2. The van der Waals surface area contributed by atoms with Crippen LogP contribution in [0.25, 0.3) is 0 Å². The molecule has 0 aromatic rings. The fourth-order valence-corrected chi connectivity index (χ4v) is 18.0. The molecule has 0 bridgehead atoms. The second kappa shape index (κ2) is 39.5. The monoisotopic (exact) mass is 878 g/mol. The Morgan fingerprint density at radius 2 is 0.773 bits per heavy atom. The lowest BCUT2D eigenvalue weighted by molar-refractivity contribution is -0.109. The molecule has 0 aliphatic heterocycles. The standard InChI is InChI=1S/C24H46O6S14/c25-17-35-5-7-37-19-41-23(27)15-33-3-2-32-12-14-44(30)22-40-10-8-38-20-42-24(28)16-34-4-1-31-11-13-43(29)21-39-9-6-36-18-26/h25-26H,1-22H2. The Morgan fingerprint density at radius 3 is 1.18 bits per heavy atom. The van der Waals surface area contributed by atoms with E-state index in [0.717, 1.165) is 79.2 Å². The third-order valence-electron chi connectivity index (χ3n) is 4.43. The van der Waals surface area contributed by atoms with Crippen LogP contribution in [0, 0.1) is 0 Å². The summed E-state index contributed by atoms with van der Waals surface area (Å²) in [6, 6.07) is 0. The lowest BCUT2D eigenvalue weighted by atomic mass is 10.9. The number of carbonyl (C=O) groups excluding carboxylic acids is 2. The smallest absolute Gasteiger partial charge is 0.199 e. The summed E-state index contributed by atoms with van der Waals surface area (Å²) in [4.78, 5) is 23.9. The maximum absolute atomic E-state index is 12.2. The number of hydrogen-bond acceptors (Lipinski definition) is 18. The molecule has 0 radical (unpaired) electrons. The predicted molar refractivity (Wildman–Crippen MR) is 229 cm³/mol. The number of thioether (sulfide) groups is 12. The minimum absolute atomic E-state index is 0.148. The minimum atomic E-state index is -0.806. The van der Waals surface area contributed by atoms with Crippen molar-refractivity contribution in [2.75, 3.05) is 124 Å². The van der Waals surface area contributed by atoms with E-state index in [1.165, 1.54) is 47.0 Å². The summed E-state index contributed by atoms with van der Waals surface area (Å²) in [5.74, 6) is 14.0. The number of carbonyl (C=O) groups is 2. The Morgan fingerprint density at radius 1 is 0.432 bits per heavy atom. The molecule has 0 aliphatic rings. The molecule has 2 N–H and O–H groups in total. The lowest BCUT2D eigenvalue weighted by Gasteiger charge is -2.05. The highest BCUT2D eigenvalue weighted by atomic mass is 32.2. The van der Waals surface area contributed by atoms with Gasteiger partial charge in [0.25, 0.3) is 0 Å². The first-order chi connectivity index (χ1) is 21.5. The molecule has 0 rings (SSSR count). The number of aliphatic hydroxyl groups is 2. The maximum atomic E-state index is 12.2. The SMILES string of the molecule is O=C(CSCCSCCS(=O)CSCCSCSC(=O)CSCCSCCS(=O)CSCCSCO)SCSCCSCO. The third kappa shape index (κ3) is 38.6. The van der Waals surface area contributed by atoms with Gasteiger partial charge in [0.15, 0.2) is 10.2 Å². The quantitative estimate of drug-likeness (QED) is 0.0568. The van der Waals surface area contributed by atoms with Crippen molar-refractivity contribution in [3.8, 4) is 0 Å². The Balaban J connectivity index is 3.38. The van der Waals surface area contributed by atoms with Gasteiger partial charge in [-0.3, -0.25) is 18.0 Å². The van der Waals surface area contributed by atoms with Crippen molar-refractivity contribution in [1.29, 1.82) is 0 Å². The fraction of sp³-hybridized carbons (Fsp3) is 0.917. The highest BCUT2D eigenvalue weighted by molar-refractivity contribution is 8.25. The molecule has 0 amide bonds. The maximum Gasteiger partial charge on any atom is 0.199 e. The zero-order chi connectivity index (χ0) is 32.4. The van der Waals surface area contributed by atoms with Crippen molar-refractivity contribution in [3.05, 3.63) is 0 Å². The van der Waals surface area contributed by atoms with Crippen molar-refractivity contribution in [1.82, 2.24) is 0 Å². The van der Waals surface area contributed by atoms with Crippen molar-refractivity contribution in [3.63, 3.8) is 0 Å². The summed E-state index contributed by atoms with van der Waals surface area (Å²) in [6.07, 6.45) is 0. The van der Waals surface area contributed by atoms with Gasteiger partial charge >= 0.3 is 0 Å². The molecule has 2 atom stereocenters. The van der Waals surface area contributed by atoms with E-state index >= 15 is 0 Å². The lowest BCUT2D eigenvalue weighted by Crippen LogP contribution is -2.05. The van der Waals surface area contributed by atoms with E-state index < -0.39 is 21.6 Å². The Kier molecular flexibility index (Phi) is 42.9. The highest BCUT2D eigenvalue weighted by Crippen LogP contribution is 2.19. The molecule has 0 aliphatic carbocycles. The molecule has 0 aromatic carbocycles. The van der Waals surface area contributed by atoms with E-state index in [4.69, 9.17) is 10.2 Å². The van der Waals surface area contributed by atoms with Gasteiger partial charge in [-0.2, -0.15) is 47.0 Å². The van der Waals surface area contributed by atoms with Crippen molar-refractivity contribution in [2.45, 2.75) is 0 Å². The molecule has 0 aromatic heterocycles. The van der Waals surface area contributed by atoms with E-state index in [1.807, 2.05) is 0 Å². The zero-order valence-corrected chi connectivity index (χ0v) is 36.2. The first-order valence-electron chi connectivity index (χ1n) is 13.5. The van der Waals surface area contributed by atoms with Crippen molar-refractivity contribution >= 4 is 173 Å². The average molecular weight is 880 g/mol. The Bertz CT molecular complexity index is 725. The van der Waals surface area contributed by atoms with E-state index in [9.17, 15) is 18.0 Å². The minimum Gasteiger partial charge on any atom is -0.386 e. The molecule has 0 fully saturated rings. The van der Waals surface area contributed by atoms with Gasteiger partial charge in [-0.25, -0.2) is 0 Å². The summed E-state index contributed by atoms with van der Waals surface area (Å²) in [5.41, 5.74) is 0. The van der Waals surface area contributed by atoms with E-state index in [-0.39, 0.29) is 22.1 Å². The van der Waals surface area contributed by atoms with Crippen LogP contribution in [0.15, 0.2) is 0 Å². The molecular formula is C24H46O6S14. The van der Waals surface area contributed by atoms with E-state index in [1.54, 1.807) is 94.1 Å². The third-order valence-corrected chi connectivity index (χ3v) is 21.8. The van der Waals surface area contributed by atoms with Gasteiger partial charge in [0.1, 0.15) is 0 Å². The molecule has 2 unspecified atom stereocenters. The van der Waals surface area contributed by atoms with Gasteiger partial charge in [-0.05, 0) is 0 Å². The molecule has 0 saturated carbocycles. The van der Waals surface area contributed by atoms with Crippen LogP contribution in [0.4, 0.5) is 0 Å². The average Bonchev–Trinajstić information content (AvgIpc) is 3.01. The van der Waals surface area contributed by atoms with Crippen LogP contribution in [0.5, 0.6) is 0 Å².